The second kappa shape index (κ2) is 4.47. The summed E-state index contributed by atoms with van der Waals surface area (Å²) in [7, 11) is 0. The van der Waals surface area contributed by atoms with Crippen LogP contribution in [0.25, 0.3) is 0 Å². The average Bonchev–Trinajstić information content (AvgIpc) is 2.32. The molecule has 3 heteroatoms. The van der Waals surface area contributed by atoms with Crippen molar-refractivity contribution in [3.05, 3.63) is 23.8 Å². The van der Waals surface area contributed by atoms with Crippen molar-refractivity contribution in [3.63, 3.8) is 0 Å². The summed E-state index contributed by atoms with van der Waals surface area (Å²) in [6.45, 7) is 2.88. The number of nitrogen functional groups attached to an aromatic ring is 1. The zero-order chi connectivity index (χ0) is 12.6. The number of nitrogens with two attached hydrogens (primary N) is 1. The number of hydrogen-bond acceptors (Lipinski definition) is 3. The van der Waals surface area contributed by atoms with Gasteiger partial charge in [-0.2, -0.15) is 0 Å². The quantitative estimate of drug-likeness (QED) is 0.817. The number of hydrogen-bond donors (Lipinski definition) is 1. The molecule has 0 radical (unpaired) electrons. The summed E-state index contributed by atoms with van der Waals surface area (Å²) in [5.74, 6) is 0.830. The third kappa shape index (κ3) is 2.19. The normalized spacial score (nSPS) is 25.7. The van der Waals surface area contributed by atoms with Gasteiger partial charge in [0.05, 0.1) is 17.9 Å². The summed E-state index contributed by atoms with van der Waals surface area (Å²) in [4.78, 5) is 0. The first-order valence-corrected chi connectivity index (χ1v) is 6.84. The predicted octanol–water partition coefficient (Wildman–Crippen LogP) is 3.06. The molecular formula is C15H21NO2. The second-order valence-corrected chi connectivity index (χ2v) is 5.66. The smallest absolute Gasteiger partial charge is 0.142 e. The molecule has 2 aliphatic rings. The van der Waals surface area contributed by atoms with Gasteiger partial charge in [-0.25, -0.2) is 0 Å². The summed E-state index contributed by atoms with van der Waals surface area (Å²) >= 11 is 0. The van der Waals surface area contributed by atoms with Crippen LogP contribution in [0.5, 0.6) is 5.75 Å². The molecule has 2 fully saturated rings. The molecule has 1 atom stereocenters. The monoisotopic (exact) mass is 247 g/mol. The van der Waals surface area contributed by atoms with Gasteiger partial charge in [0.2, 0.25) is 0 Å². The van der Waals surface area contributed by atoms with Gasteiger partial charge in [0.1, 0.15) is 11.9 Å². The first kappa shape index (κ1) is 11.8. The molecule has 1 heterocycles. The van der Waals surface area contributed by atoms with E-state index in [0.29, 0.717) is 0 Å². The highest BCUT2D eigenvalue weighted by Crippen LogP contribution is 2.43. The Hall–Kier alpha value is -1.22. The molecule has 1 spiro atoms. The van der Waals surface area contributed by atoms with Gasteiger partial charge in [-0.05, 0) is 43.9 Å². The molecule has 3 nitrogen and oxygen atoms in total. The van der Waals surface area contributed by atoms with Crippen molar-refractivity contribution < 1.29 is 9.47 Å². The largest absolute Gasteiger partial charge is 0.488 e. The highest BCUT2D eigenvalue weighted by Gasteiger charge is 2.43. The number of ether oxygens (including phenoxy) is 2. The molecule has 0 aromatic heterocycles. The van der Waals surface area contributed by atoms with E-state index in [0.717, 1.165) is 30.9 Å². The Morgan fingerprint density at radius 3 is 2.94 bits per heavy atom. The van der Waals surface area contributed by atoms with Crippen LogP contribution < -0.4 is 10.5 Å². The zero-order valence-electron chi connectivity index (χ0n) is 10.9. The second-order valence-electron chi connectivity index (χ2n) is 5.66. The fraction of sp³-hybridized carbons (Fsp3) is 0.600. The predicted molar refractivity (Wildman–Crippen MR) is 71.8 cm³/mol. The Kier molecular flexibility index (Phi) is 2.94. The molecular weight excluding hydrogens is 226 g/mol. The van der Waals surface area contributed by atoms with Gasteiger partial charge in [0.25, 0.3) is 0 Å². The maximum Gasteiger partial charge on any atom is 0.142 e. The van der Waals surface area contributed by atoms with Crippen LogP contribution in [-0.4, -0.2) is 18.3 Å². The minimum absolute atomic E-state index is 0.126. The third-order valence-corrected chi connectivity index (χ3v) is 4.18. The molecule has 1 aliphatic carbocycles. The van der Waals surface area contributed by atoms with E-state index in [2.05, 4.69) is 6.92 Å². The highest BCUT2D eigenvalue weighted by molar-refractivity contribution is 5.53. The van der Waals surface area contributed by atoms with E-state index in [1.54, 1.807) is 0 Å². The molecule has 98 valence electrons. The van der Waals surface area contributed by atoms with Crippen molar-refractivity contribution >= 4 is 5.69 Å². The first-order valence-electron chi connectivity index (χ1n) is 6.84. The van der Waals surface area contributed by atoms with Crippen molar-refractivity contribution in [3.8, 4) is 5.75 Å². The van der Waals surface area contributed by atoms with Crippen molar-refractivity contribution in [2.75, 3.05) is 12.3 Å². The summed E-state index contributed by atoms with van der Waals surface area (Å²) in [5, 5.41) is 0. The van der Waals surface area contributed by atoms with Crippen molar-refractivity contribution in [2.45, 2.75) is 50.7 Å². The SMILES string of the molecule is Cc1ccc(N)c(OC2CCOC3(CCC3)C2)c1. The van der Waals surface area contributed by atoms with Gasteiger partial charge in [-0.1, -0.05) is 6.07 Å². The van der Waals surface area contributed by atoms with Gasteiger partial charge >= 0.3 is 0 Å². The average molecular weight is 247 g/mol. The van der Waals surface area contributed by atoms with E-state index < -0.39 is 0 Å². The molecule has 1 aromatic rings. The fourth-order valence-corrected chi connectivity index (χ4v) is 2.93. The lowest BCUT2D eigenvalue weighted by atomic mass is 9.74. The Morgan fingerprint density at radius 2 is 2.22 bits per heavy atom. The van der Waals surface area contributed by atoms with Crippen molar-refractivity contribution in [1.29, 1.82) is 0 Å². The van der Waals surface area contributed by atoms with E-state index in [-0.39, 0.29) is 11.7 Å². The molecule has 0 bridgehead atoms. The van der Waals surface area contributed by atoms with Crippen molar-refractivity contribution in [2.24, 2.45) is 0 Å². The summed E-state index contributed by atoms with van der Waals surface area (Å²) in [6, 6.07) is 5.96. The summed E-state index contributed by atoms with van der Waals surface area (Å²) in [5.41, 5.74) is 8.01. The maximum atomic E-state index is 6.09. The Balaban J connectivity index is 1.70. The minimum atomic E-state index is 0.126. The van der Waals surface area contributed by atoms with Crippen LogP contribution in [0.2, 0.25) is 0 Å². The Morgan fingerprint density at radius 1 is 1.39 bits per heavy atom. The van der Waals surface area contributed by atoms with Crippen LogP contribution in [0.4, 0.5) is 5.69 Å². The van der Waals surface area contributed by atoms with Gasteiger partial charge < -0.3 is 15.2 Å². The fourth-order valence-electron chi connectivity index (χ4n) is 2.93. The molecule has 1 unspecified atom stereocenters. The highest BCUT2D eigenvalue weighted by atomic mass is 16.5. The van der Waals surface area contributed by atoms with Crippen LogP contribution in [0, 0.1) is 6.92 Å². The van der Waals surface area contributed by atoms with E-state index in [9.17, 15) is 0 Å². The van der Waals surface area contributed by atoms with Crippen LogP contribution in [0.1, 0.15) is 37.7 Å². The molecule has 18 heavy (non-hydrogen) atoms. The van der Waals surface area contributed by atoms with Crippen LogP contribution >= 0.6 is 0 Å². The third-order valence-electron chi connectivity index (χ3n) is 4.18. The van der Waals surface area contributed by atoms with E-state index in [1.165, 1.54) is 24.8 Å². The van der Waals surface area contributed by atoms with E-state index in [1.807, 2.05) is 18.2 Å². The summed E-state index contributed by atoms with van der Waals surface area (Å²) in [6.07, 6.45) is 5.91. The molecule has 3 rings (SSSR count). The summed E-state index contributed by atoms with van der Waals surface area (Å²) < 4.78 is 12.0. The number of benzene rings is 1. The van der Waals surface area contributed by atoms with E-state index >= 15 is 0 Å². The topological polar surface area (TPSA) is 44.5 Å². The lowest BCUT2D eigenvalue weighted by molar-refractivity contribution is -0.153. The molecule has 2 N–H and O–H groups in total. The molecule has 1 aromatic carbocycles. The molecule has 1 aliphatic heterocycles. The Labute approximate surface area is 108 Å². The minimum Gasteiger partial charge on any atom is -0.488 e. The lowest BCUT2D eigenvalue weighted by Gasteiger charge is -2.46. The first-order chi connectivity index (χ1) is 8.67. The van der Waals surface area contributed by atoms with Crippen molar-refractivity contribution in [1.82, 2.24) is 0 Å². The van der Waals surface area contributed by atoms with Crippen LogP contribution in [0.3, 0.4) is 0 Å². The number of rotatable bonds is 2. The molecule has 0 amide bonds. The molecule has 1 saturated carbocycles. The van der Waals surface area contributed by atoms with Crippen LogP contribution in [-0.2, 0) is 4.74 Å². The van der Waals surface area contributed by atoms with Crippen LogP contribution in [0.15, 0.2) is 18.2 Å². The standard InChI is InChI=1S/C15H21NO2/c1-11-3-4-13(16)14(9-11)18-12-5-8-17-15(10-12)6-2-7-15/h3-4,9,12H,2,5-8,10,16H2,1H3. The van der Waals surface area contributed by atoms with E-state index in [4.69, 9.17) is 15.2 Å². The lowest BCUT2D eigenvalue weighted by Crippen LogP contribution is -2.48. The number of anilines is 1. The van der Waals surface area contributed by atoms with Gasteiger partial charge in [0, 0.05) is 12.8 Å². The van der Waals surface area contributed by atoms with Gasteiger partial charge in [0.15, 0.2) is 0 Å². The Bertz CT molecular complexity index is 440. The maximum absolute atomic E-state index is 6.09. The number of aryl methyl sites for hydroxylation is 1. The molecule has 1 saturated heterocycles. The zero-order valence-corrected chi connectivity index (χ0v) is 10.9. The van der Waals surface area contributed by atoms with Gasteiger partial charge in [-0.15, -0.1) is 0 Å². The van der Waals surface area contributed by atoms with Gasteiger partial charge in [-0.3, -0.25) is 0 Å².